The number of nitrogens with zero attached hydrogens (tertiary/aromatic N) is 1. The smallest absolute Gasteiger partial charge is 0.215 e. The number of carbonyl (C=O) groups is 1. The van der Waals surface area contributed by atoms with Gasteiger partial charge in [-0.25, -0.2) is 12.7 Å². The van der Waals surface area contributed by atoms with Crippen molar-refractivity contribution in [2.75, 3.05) is 18.8 Å². The van der Waals surface area contributed by atoms with E-state index in [0.29, 0.717) is 25.4 Å². The summed E-state index contributed by atoms with van der Waals surface area (Å²) in [5.41, 5.74) is -0.816. The fraction of sp³-hybridized carbons (Fsp3) is 0.929. The highest BCUT2D eigenvalue weighted by molar-refractivity contribution is 7.89. The fourth-order valence-corrected chi connectivity index (χ4v) is 6.40. The number of hydrogen-bond acceptors (Lipinski definition) is 3. The quantitative estimate of drug-likeness (QED) is 0.777. The Morgan fingerprint density at radius 3 is 2.21 bits per heavy atom. The van der Waals surface area contributed by atoms with E-state index in [1.807, 2.05) is 13.8 Å². The van der Waals surface area contributed by atoms with Gasteiger partial charge in [-0.05, 0) is 24.2 Å². The van der Waals surface area contributed by atoms with Crippen LogP contribution in [0.1, 0.15) is 47.0 Å². The third kappa shape index (κ3) is 1.97. The molecule has 2 aliphatic rings. The molecule has 2 fully saturated rings. The van der Waals surface area contributed by atoms with E-state index in [9.17, 15) is 13.2 Å². The van der Waals surface area contributed by atoms with E-state index in [0.717, 1.165) is 12.8 Å². The molecule has 0 aromatic rings. The maximum absolute atomic E-state index is 12.5. The minimum absolute atomic E-state index is 0.00398. The average Bonchev–Trinajstić information content (AvgIpc) is 2.63. The monoisotopic (exact) mass is 287 g/mol. The summed E-state index contributed by atoms with van der Waals surface area (Å²) in [5.74, 6) is 0.542. The fourth-order valence-electron chi connectivity index (χ4n) is 4.13. The molecule has 0 aromatic heterocycles. The van der Waals surface area contributed by atoms with Crippen LogP contribution in [0.2, 0.25) is 0 Å². The first-order chi connectivity index (χ1) is 8.71. The number of carbonyl (C=O) groups excluding carboxylic acids is 1. The van der Waals surface area contributed by atoms with Crippen molar-refractivity contribution in [1.82, 2.24) is 4.31 Å². The van der Waals surface area contributed by atoms with E-state index in [1.54, 1.807) is 0 Å². The van der Waals surface area contributed by atoms with Crippen LogP contribution >= 0.6 is 0 Å². The standard InChI is InChI=1S/C14H25NO3S/c1-5-15(6-2)19(17,18)10-14-8-7-11(9-12(14)16)13(14,3)4/h11H,5-10H2,1-4H3/t11-,14-/m1/s1. The van der Waals surface area contributed by atoms with Crippen LogP contribution in [-0.4, -0.2) is 37.3 Å². The maximum atomic E-state index is 12.5. The van der Waals surface area contributed by atoms with Crippen LogP contribution in [0.5, 0.6) is 0 Å². The molecule has 5 heteroatoms. The molecule has 0 unspecified atom stereocenters. The lowest BCUT2D eigenvalue weighted by molar-refractivity contribution is -0.128. The van der Waals surface area contributed by atoms with Crippen LogP contribution < -0.4 is 0 Å². The molecule has 0 heterocycles. The summed E-state index contributed by atoms with van der Waals surface area (Å²) < 4.78 is 26.6. The molecule has 2 rings (SSSR count). The highest BCUT2D eigenvalue weighted by atomic mass is 32.2. The van der Waals surface area contributed by atoms with Crippen molar-refractivity contribution in [2.45, 2.75) is 47.0 Å². The number of sulfonamides is 1. The van der Waals surface area contributed by atoms with Crippen molar-refractivity contribution in [3.05, 3.63) is 0 Å². The van der Waals surface area contributed by atoms with Gasteiger partial charge in [0.25, 0.3) is 0 Å². The van der Waals surface area contributed by atoms with Gasteiger partial charge in [0.05, 0.1) is 5.75 Å². The SMILES string of the molecule is CCN(CC)S(=O)(=O)C[C@]12CC[C@H](CC1=O)C2(C)C. The Labute approximate surface area is 116 Å². The van der Waals surface area contributed by atoms with E-state index in [4.69, 9.17) is 0 Å². The van der Waals surface area contributed by atoms with Gasteiger partial charge in [-0.3, -0.25) is 4.79 Å². The van der Waals surface area contributed by atoms with Gasteiger partial charge in [-0.1, -0.05) is 27.7 Å². The van der Waals surface area contributed by atoms with Gasteiger partial charge in [-0.15, -0.1) is 0 Å². The second-order valence-corrected chi connectivity index (χ2v) is 8.48. The Bertz CT molecular complexity index is 479. The van der Waals surface area contributed by atoms with E-state index in [-0.39, 0.29) is 17.0 Å². The molecule has 0 spiro atoms. The van der Waals surface area contributed by atoms with E-state index in [2.05, 4.69) is 13.8 Å². The first-order valence-corrected chi connectivity index (χ1v) is 8.83. The molecule has 2 bridgehead atoms. The Balaban J connectivity index is 2.34. The summed E-state index contributed by atoms with van der Waals surface area (Å²) in [4.78, 5) is 12.4. The van der Waals surface area contributed by atoms with Crippen LogP contribution in [0.3, 0.4) is 0 Å². The number of fused-ring (bicyclic) bond motifs is 2. The van der Waals surface area contributed by atoms with Crippen molar-refractivity contribution in [2.24, 2.45) is 16.7 Å². The predicted octanol–water partition coefficient (Wildman–Crippen LogP) is 2.05. The van der Waals surface area contributed by atoms with E-state index < -0.39 is 15.4 Å². The number of ketones is 1. The lowest BCUT2D eigenvalue weighted by Crippen LogP contribution is -2.46. The Morgan fingerprint density at radius 2 is 1.84 bits per heavy atom. The summed E-state index contributed by atoms with van der Waals surface area (Å²) >= 11 is 0. The predicted molar refractivity (Wildman–Crippen MR) is 75.3 cm³/mol. The summed E-state index contributed by atoms with van der Waals surface area (Å²) in [6.45, 7) is 8.80. The molecule has 2 saturated carbocycles. The number of hydrogen-bond donors (Lipinski definition) is 0. The van der Waals surface area contributed by atoms with Gasteiger partial charge >= 0.3 is 0 Å². The summed E-state index contributed by atoms with van der Waals surface area (Å²) in [6, 6.07) is 0. The van der Waals surface area contributed by atoms with Crippen LogP contribution in [0.25, 0.3) is 0 Å². The molecule has 4 nitrogen and oxygen atoms in total. The average molecular weight is 287 g/mol. The maximum Gasteiger partial charge on any atom is 0.215 e. The molecule has 0 aliphatic heterocycles. The molecular formula is C14H25NO3S. The lowest BCUT2D eigenvalue weighted by Gasteiger charge is -2.37. The largest absolute Gasteiger partial charge is 0.299 e. The zero-order valence-electron chi connectivity index (χ0n) is 12.4. The van der Waals surface area contributed by atoms with Crippen molar-refractivity contribution in [1.29, 1.82) is 0 Å². The van der Waals surface area contributed by atoms with Gasteiger partial charge in [-0.2, -0.15) is 0 Å². The topological polar surface area (TPSA) is 54.5 Å². The Kier molecular flexibility index (Phi) is 3.59. The van der Waals surface area contributed by atoms with Gasteiger partial charge < -0.3 is 0 Å². The second kappa shape index (κ2) is 4.55. The molecule has 2 atom stereocenters. The van der Waals surface area contributed by atoms with Crippen LogP contribution in [0.4, 0.5) is 0 Å². The molecule has 0 saturated heterocycles. The zero-order valence-corrected chi connectivity index (χ0v) is 13.2. The van der Waals surface area contributed by atoms with Crippen molar-refractivity contribution < 1.29 is 13.2 Å². The molecule has 0 aromatic carbocycles. The molecule has 110 valence electrons. The van der Waals surface area contributed by atoms with E-state index in [1.165, 1.54) is 4.31 Å². The Hall–Kier alpha value is -0.420. The van der Waals surface area contributed by atoms with Crippen LogP contribution in [-0.2, 0) is 14.8 Å². The summed E-state index contributed by atoms with van der Waals surface area (Å²) in [7, 11) is -3.34. The van der Waals surface area contributed by atoms with Crippen LogP contribution in [0.15, 0.2) is 0 Å². The van der Waals surface area contributed by atoms with Crippen molar-refractivity contribution in [3.8, 4) is 0 Å². The first-order valence-electron chi connectivity index (χ1n) is 7.22. The zero-order chi connectivity index (χ0) is 14.5. The summed E-state index contributed by atoms with van der Waals surface area (Å²) in [6.07, 6.45) is 2.30. The molecular weight excluding hydrogens is 262 g/mol. The molecule has 0 radical (unpaired) electrons. The highest BCUT2D eigenvalue weighted by Gasteiger charge is 2.65. The number of Topliss-reactive ketones (excluding diaryl/α,β-unsaturated/α-hetero) is 1. The summed E-state index contributed by atoms with van der Waals surface area (Å²) in [5, 5.41) is 0. The molecule has 19 heavy (non-hydrogen) atoms. The van der Waals surface area contributed by atoms with Crippen molar-refractivity contribution in [3.63, 3.8) is 0 Å². The highest BCUT2D eigenvalue weighted by Crippen LogP contribution is 2.64. The van der Waals surface area contributed by atoms with Crippen LogP contribution in [0, 0.1) is 16.7 Å². The van der Waals surface area contributed by atoms with Gasteiger partial charge in [0.1, 0.15) is 5.78 Å². The molecule has 2 aliphatic carbocycles. The minimum atomic E-state index is -3.34. The number of rotatable bonds is 5. The first kappa shape index (κ1) is 15.0. The molecule has 0 amide bonds. The van der Waals surface area contributed by atoms with Gasteiger partial charge in [0.2, 0.25) is 10.0 Å². The van der Waals surface area contributed by atoms with Gasteiger partial charge in [0, 0.05) is 24.9 Å². The third-order valence-corrected chi connectivity index (χ3v) is 7.83. The minimum Gasteiger partial charge on any atom is -0.299 e. The normalized spacial score (nSPS) is 33.3. The van der Waals surface area contributed by atoms with Gasteiger partial charge in [0.15, 0.2) is 0 Å². The lowest BCUT2D eigenvalue weighted by atomic mass is 9.70. The molecule has 0 N–H and O–H groups in total. The Morgan fingerprint density at radius 1 is 1.26 bits per heavy atom. The second-order valence-electron chi connectivity index (χ2n) is 6.51. The third-order valence-electron chi connectivity index (χ3n) is 5.67. The van der Waals surface area contributed by atoms with Crippen molar-refractivity contribution >= 4 is 15.8 Å². The van der Waals surface area contributed by atoms with E-state index >= 15 is 0 Å².